The molecule has 0 radical (unpaired) electrons. The lowest BCUT2D eigenvalue weighted by molar-refractivity contribution is -0.134. The molecule has 1 aliphatic heterocycles. The third-order valence-corrected chi connectivity index (χ3v) is 4.77. The van der Waals surface area contributed by atoms with E-state index in [1.54, 1.807) is 0 Å². The summed E-state index contributed by atoms with van der Waals surface area (Å²) >= 11 is 0. The number of amides is 1. The summed E-state index contributed by atoms with van der Waals surface area (Å²) in [6, 6.07) is 9.54. The van der Waals surface area contributed by atoms with Gasteiger partial charge in [0.25, 0.3) is 0 Å². The number of carbonyl (C=O) groups excluding carboxylic acids is 1. The van der Waals surface area contributed by atoms with E-state index in [0.29, 0.717) is 25.0 Å². The topological polar surface area (TPSA) is 53.0 Å². The lowest BCUT2D eigenvalue weighted by Crippen LogP contribution is -2.51. The Morgan fingerprint density at radius 1 is 1.26 bits per heavy atom. The van der Waals surface area contributed by atoms with Crippen LogP contribution in [0.1, 0.15) is 13.3 Å². The van der Waals surface area contributed by atoms with E-state index >= 15 is 0 Å². The minimum atomic E-state index is -0.513. The van der Waals surface area contributed by atoms with Gasteiger partial charge in [-0.1, -0.05) is 25.1 Å². The van der Waals surface area contributed by atoms with E-state index in [-0.39, 0.29) is 5.92 Å². The van der Waals surface area contributed by atoms with Gasteiger partial charge in [0, 0.05) is 38.6 Å². The SMILES string of the molecule is CC1CC1C(=O)N1CCN(CC(O)COc2ccccc2)CC1. The number of nitrogens with zero attached hydrogens (tertiary/aromatic N) is 2. The molecule has 1 aromatic rings. The fourth-order valence-electron chi connectivity index (χ4n) is 3.11. The lowest BCUT2D eigenvalue weighted by atomic mass is 10.2. The number of benzene rings is 1. The average Bonchev–Trinajstić information content (AvgIpc) is 3.31. The second kappa shape index (κ2) is 7.32. The quantitative estimate of drug-likeness (QED) is 0.857. The predicted octanol–water partition coefficient (Wildman–Crippen LogP) is 1.23. The van der Waals surface area contributed by atoms with E-state index in [4.69, 9.17) is 4.74 Å². The van der Waals surface area contributed by atoms with Crippen LogP contribution in [0.25, 0.3) is 0 Å². The van der Waals surface area contributed by atoms with E-state index in [1.807, 2.05) is 35.2 Å². The van der Waals surface area contributed by atoms with Crippen molar-refractivity contribution >= 4 is 5.91 Å². The molecular weight excluding hydrogens is 292 g/mol. The van der Waals surface area contributed by atoms with Crippen LogP contribution in [0.3, 0.4) is 0 Å². The van der Waals surface area contributed by atoms with Gasteiger partial charge in [0.1, 0.15) is 18.5 Å². The summed E-state index contributed by atoms with van der Waals surface area (Å²) in [6.07, 6.45) is 0.537. The van der Waals surface area contributed by atoms with Crippen LogP contribution in [0.5, 0.6) is 5.75 Å². The Balaban J connectivity index is 1.36. The lowest BCUT2D eigenvalue weighted by Gasteiger charge is -2.35. The molecule has 2 aliphatic rings. The molecular formula is C18H26N2O3. The van der Waals surface area contributed by atoms with Crippen molar-refractivity contribution in [1.82, 2.24) is 9.80 Å². The average molecular weight is 318 g/mol. The van der Waals surface area contributed by atoms with Crippen LogP contribution in [-0.4, -0.2) is 66.2 Å². The summed E-state index contributed by atoms with van der Waals surface area (Å²) in [4.78, 5) is 16.4. The summed E-state index contributed by atoms with van der Waals surface area (Å²) in [5.41, 5.74) is 0. The highest BCUT2D eigenvalue weighted by molar-refractivity contribution is 5.81. The molecule has 1 heterocycles. The second-order valence-electron chi connectivity index (χ2n) is 6.72. The Morgan fingerprint density at radius 2 is 1.91 bits per heavy atom. The predicted molar refractivity (Wildman–Crippen MR) is 88.2 cm³/mol. The Hall–Kier alpha value is -1.59. The van der Waals surface area contributed by atoms with Gasteiger partial charge >= 0.3 is 0 Å². The fraction of sp³-hybridized carbons (Fsp3) is 0.611. The van der Waals surface area contributed by atoms with Gasteiger partial charge in [-0.05, 0) is 24.5 Å². The van der Waals surface area contributed by atoms with Crippen LogP contribution >= 0.6 is 0 Å². The first-order valence-corrected chi connectivity index (χ1v) is 8.50. The van der Waals surface area contributed by atoms with Gasteiger partial charge in [-0.25, -0.2) is 0 Å². The summed E-state index contributed by atoms with van der Waals surface area (Å²) < 4.78 is 5.58. The van der Waals surface area contributed by atoms with Crippen LogP contribution < -0.4 is 4.74 Å². The molecule has 23 heavy (non-hydrogen) atoms. The molecule has 1 saturated carbocycles. The highest BCUT2D eigenvalue weighted by Crippen LogP contribution is 2.39. The zero-order chi connectivity index (χ0) is 16.2. The zero-order valence-electron chi connectivity index (χ0n) is 13.7. The maximum absolute atomic E-state index is 12.2. The molecule has 0 aromatic heterocycles. The molecule has 1 aromatic carbocycles. The number of hydrogen-bond donors (Lipinski definition) is 1. The minimum Gasteiger partial charge on any atom is -0.491 e. The molecule has 3 rings (SSSR count). The Bertz CT molecular complexity index is 514. The molecule has 5 nitrogen and oxygen atoms in total. The number of para-hydroxylation sites is 1. The van der Waals surface area contributed by atoms with Crippen molar-refractivity contribution in [3.05, 3.63) is 30.3 Å². The number of hydrogen-bond acceptors (Lipinski definition) is 4. The van der Waals surface area contributed by atoms with Crippen LogP contribution in [0.2, 0.25) is 0 Å². The van der Waals surface area contributed by atoms with Crippen LogP contribution in [0.4, 0.5) is 0 Å². The molecule has 1 saturated heterocycles. The maximum Gasteiger partial charge on any atom is 0.226 e. The molecule has 0 bridgehead atoms. The summed E-state index contributed by atoms with van der Waals surface area (Å²) in [5.74, 6) is 1.94. The molecule has 2 fully saturated rings. The minimum absolute atomic E-state index is 0.270. The maximum atomic E-state index is 12.2. The smallest absolute Gasteiger partial charge is 0.226 e. The first-order chi connectivity index (χ1) is 11.1. The van der Waals surface area contributed by atoms with Crippen molar-refractivity contribution in [2.45, 2.75) is 19.4 Å². The van der Waals surface area contributed by atoms with Crippen molar-refractivity contribution in [2.24, 2.45) is 11.8 Å². The largest absolute Gasteiger partial charge is 0.491 e. The van der Waals surface area contributed by atoms with Crippen molar-refractivity contribution in [2.75, 3.05) is 39.3 Å². The fourth-order valence-corrected chi connectivity index (χ4v) is 3.11. The molecule has 1 amide bonds. The van der Waals surface area contributed by atoms with Crippen LogP contribution in [-0.2, 0) is 4.79 Å². The van der Waals surface area contributed by atoms with Crippen molar-refractivity contribution in [3.8, 4) is 5.75 Å². The van der Waals surface area contributed by atoms with E-state index in [1.165, 1.54) is 0 Å². The standard InChI is InChI=1S/C18H26N2O3/c1-14-11-17(14)18(22)20-9-7-19(8-10-20)12-15(21)13-23-16-5-3-2-4-6-16/h2-6,14-15,17,21H,7-13H2,1H3. The highest BCUT2D eigenvalue weighted by Gasteiger charge is 2.41. The van der Waals surface area contributed by atoms with Crippen molar-refractivity contribution in [3.63, 3.8) is 0 Å². The molecule has 3 unspecified atom stereocenters. The van der Waals surface area contributed by atoms with Crippen LogP contribution in [0.15, 0.2) is 30.3 Å². The van der Waals surface area contributed by atoms with Gasteiger partial charge in [0.2, 0.25) is 5.91 Å². The highest BCUT2D eigenvalue weighted by atomic mass is 16.5. The van der Waals surface area contributed by atoms with Gasteiger partial charge in [-0.15, -0.1) is 0 Å². The molecule has 0 spiro atoms. The van der Waals surface area contributed by atoms with Gasteiger partial charge < -0.3 is 14.7 Å². The van der Waals surface area contributed by atoms with E-state index in [2.05, 4.69) is 11.8 Å². The second-order valence-corrected chi connectivity index (χ2v) is 6.72. The number of β-amino-alcohol motifs (C(OH)–C–C–N with tert-alkyl or cyclic N) is 1. The van der Waals surface area contributed by atoms with E-state index < -0.39 is 6.10 Å². The molecule has 126 valence electrons. The first-order valence-electron chi connectivity index (χ1n) is 8.50. The number of aliphatic hydroxyl groups excluding tert-OH is 1. The summed E-state index contributed by atoms with van der Waals surface area (Å²) in [5, 5.41) is 10.1. The Labute approximate surface area is 137 Å². The van der Waals surface area contributed by atoms with E-state index in [9.17, 15) is 9.90 Å². The third-order valence-electron chi connectivity index (χ3n) is 4.77. The van der Waals surface area contributed by atoms with Gasteiger partial charge in [0.15, 0.2) is 0 Å². The molecule has 3 atom stereocenters. The number of rotatable bonds is 6. The number of aliphatic hydroxyl groups is 1. The van der Waals surface area contributed by atoms with Gasteiger partial charge in [-0.3, -0.25) is 9.69 Å². The Morgan fingerprint density at radius 3 is 2.52 bits per heavy atom. The molecule has 1 aliphatic carbocycles. The normalized spacial score (nSPS) is 25.9. The zero-order valence-corrected chi connectivity index (χ0v) is 13.7. The van der Waals surface area contributed by atoms with Gasteiger partial charge in [-0.2, -0.15) is 0 Å². The summed E-state index contributed by atoms with van der Waals surface area (Å²) in [7, 11) is 0. The number of piperazine rings is 1. The molecule has 5 heteroatoms. The number of ether oxygens (including phenoxy) is 1. The van der Waals surface area contributed by atoms with Gasteiger partial charge in [0.05, 0.1) is 0 Å². The van der Waals surface area contributed by atoms with E-state index in [0.717, 1.165) is 38.3 Å². The monoisotopic (exact) mass is 318 g/mol. The van der Waals surface area contributed by atoms with Crippen LogP contribution in [0, 0.1) is 11.8 Å². The van der Waals surface area contributed by atoms with Crippen molar-refractivity contribution in [1.29, 1.82) is 0 Å². The Kier molecular flexibility index (Phi) is 5.18. The number of carbonyl (C=O) groups is 1. The summed E-state index contributed by atoms with van der Waals surface area (Å²) in [6.45, 7) is 6.23. The van der Waals surface area contributed by atoms with Crippen molar-refractivity contribution < 1.29 is 14.6 Å². The first kappa shape index (κ1) is 16.3. The third kappa shape index (κ3) is 4.45. The molecule has 1 N–H and O–H groups in total.